The fraction of sp³-hybridized carbons (Fsp3) is 0.167. The number of nitrogens with one attached hydrogen (secondary N) is 2. The van der Waals surface area contributed by atoms with Crippen LogP contribution < -0.4 is 20.1 Å². The molecule has 0 heterocycles. The van der Waals surface area contributed by atoms with Crippen molar-refractivity contribution < 1.29 is 27.8 Å². The lowest BCUT2D eigenvalue weighted by atomic mass is 10.1. The number of methoxy groups -OCH3 is 1. The molecule has 0 bridgehead atoms. The van der Waals surface area contributed by atoms with Crippen LogP contribution in [0.3, 0.4) is 0 Å². The standard InChI is InChI=1S/C24H22F2N2O4/c1-15(21-12-17(25)8-11-22(21)26)27-24(30)16-6-9-19(10-7-16)32-14-23(29)28-18-4-3-5-20(13-18)31-2/h3-13,15H,14H2,1-2H3,(H,27,30)(H,28,29). The summed E-state index contributed by atoms with van der Waals surface area (Å²) in [6.45, 7) is 1.34. The zero-order valence-electron chi connectivity index (χ0n) is 17.5. The van der Waals surface area contributed by atoms with Crippen LogP contribution in [0.1, 0.15) is 28.9 Å². The molecule has 0 radical (unpaired) electrons. The van der Waals surface area contributed by atoms with Gasteiger partial charge in [-0.25, -0.2) is 8.78 Å². The molecule has 0 aliphatic heterocycles. The number of anilines is 1. The predicted molar refractivity (Wildman–Crippen MR) is 116 cm³/mol. The Bertz CT molecular complexity index is 1100. The van der Waals surface area contributed by atoms with Gasteiger partial charge >= 0.3 is 0 Å². The third-order valence-electron chi connectivity index (χ3n) is 4.61. The van der Waals surface area contributed by atoms with Crippen molar-refractivity contribution >= 4 is 17.5 Å². The monoisotopic (exact) mass is 440 g/mol. The quantitative estimate of drug-likeness (QED) is 0.542. The Morgan fingerprint density at radius 3 is 2.44 bits per heavy atom. The summed E-state index contributed by atoms with van der Waals surface area (Å²) < 4.78 is 37.8. The summed E-state index contributed by atoms with van der Waals surface area (Å²) in [6.07, 6.45) is 0. The van der Waals surface area contributed by atoms with Gasteiger partial charge in [0.2, 0.25) is 0 Å². The first-order valence-electron chi connectivity index (χ1n) is 9.78. The van der Waals surface area contributed by atoms with Crippen LogP contribution in [0.25, 0.3) is 0 Å². The van der Waals surface area contributed by atoms with Crippen LogP contribution in [-0.4, -0.2) is 25.5 Å². The van der Waals surface area contributed by atoms with E-state index in [0.717, 1.165) is 18.2 Å². The van der Waals surface area contributed by atoms with E-state index in [4.69, 9.17) is 9.47 Å². The van der Waals surface area contributed by atoms with Gasteiger partial charge in [0.05, 0.1) is 13.2 Å². The van der Waals surface area contributed by atoms with Crippen molar-refractivity contribution in [1.29, 1.82) is 0 Å². The maximum absolute atomic E-state index is 13.9. The zero-order valence-corrected chi connectivity index (χ0v) is 17.5. The first-order valence-corrected chi connectivity index (χ1v) is 9.78. The molecule has 0 aliphatic rings. The molecule has 0 saturated carbocycles. The number of hydrogen-bond donors (Lipinski definition) is 2. The Morgan fingerprint density at radius 2 is 1.72 bits per heavy atom. The molecular weight excluding hydrogens is 418 g/mol. The largest absolute Gasteiger partial charge is 0.497 e. The minimum Gasteiger partial charge on any atom is -0.497 e. The second-order valence-electron chi connectivity index (χ2n) is 6.95. The second-order valence-corrected chi connectivity index (χ2v) is 6.95. The van der Waals surface area contributed by atoms with E-state index in [1.807, 2.05) is 0 Å². The number of hydrogen-bond acceptors (Lipinski definition) is 4. The molecular formula is C24H22F2N2O4. The van der Waals surface area contributed by atoms with Crippen LogP contribution >= 0.6 is 0 Å². The Kier molecular flexibility index (Phi) is 7.38. The van der Waals surface area contributed by atoms with Gasteiger partial charge < -0.3 is 20.1 Å². The number of rotatable bonds is 8. The van der Waals surface area contributed by atoms with Gasteiger partial charge in [0.25, 0.3) is 11.8 Å². The van der Waals surface area contributed by atoms with Crippen molar-refractivity contribution in [2.45, 2.75) is 13.0 Å². The van der Waals surface area contributed by atoms with Gasteiger partial charge in [0.1, 0.15) is 23.1 Å². The second kappa shape index (κ2) is 10.4. The first-order chi connectivity index (χ1) is 15.4. The summed E-state index contributed by atoms with van der Waals surface area (Å²) in [4.78, 5) is 24.5. The van der Waals surface area contributed by atoms with E-state index >= 15 is 0 Å². The van der Waals surface area contributed by atoms with Crippen LogP contribution in [0.5, 0.6) is 11.5 Å². The maximum Gasteiger partial charge on any atom is 0.262 e. The normalized spacial score (nSPS) is 11.4. The molecule has 6 nitrogen and oxygen atoms in total. The number of benzene rings is 3. The molecule has 0 saturated heterocycles. The molecule has 8 heteroatoms. The molecule has 166 valence electrons. The Labute approximate surface area is 184 Å². The molecule has 3 rings (SSSR count). The fourth-order valence-electron chi connectivity index (χ4n) is 2.95. The molecule has 32 heavy (non-hydrogen) atoms. The van der Waals surface area contributed by atoms with Gasteiger partial charge in [0.15, 0.2) is 6.61 Å². The van der Waals surface area contributed by atoms with Crippen molar-refractivity contribution in [2.24, 2.45) is 0 Å². The highest BCUT2D eigenvalue weighted by molar-refractivity contribution is 5.94. The molecule has 0 aliphatic carbocycles. The lowest BCUT2D eigenvalue weighted by Crippen LogP contribution is -2.27. The molecule has 3 aromatic carbocycles. The highest BCUT2D eigenvalue weighted by atomic mass is 19.1. The maximum atomic E-state index is 13.9. The van der Waals surface area contributed by atoms with Crippen LogP contribution in [-0.2, 0) is 4.79 Å². The lowest BCUT2D eigenvalue weighted by molar-refractivity contribution is -0.118. The SMILES string of the molecule is COc1cccc(NC(=O)COc2ccc(C(=O)NC(C)c3cc(F)ccc3F)cc2)c1. The Morgan fingerprint density at radius 1 is 0.969 bits per heavy atom. The van der Waals surface area contributed by atoms with Crippen LogP contribution in [0.2, 0.25) is 0 Å². The van der Waals surface area contributed by atoms with Crippen molar-refractivity contribution in [1.82, 2.24) is 5.32 Å². The summed E-state index contributed by atoms with van der Waals surface area (Å²) in [5.41, 5.74) is 0.941. The van der Waals surface area contributed by atoms with Crippen molar-refractivity contribution in [2.75, 3.05) is 19.0 Å². The Hall–Kier alpha value is -3.94. The van der Waals surface area contributed by atoms with E-state index < -0.39 is 23.6 Å². The molecule has 2 N–H and O–H groups in total. The topological polar surface area (TPSA) is 76.7 Å². The molecule has 1 atom stereocenters. The van der Waals surface area contributed by atoms with Crippen LogP contribution in [0.15, 0.2) is 66.7 Å². The third-order valence-corrected chi connectivity index (χ3v) is 4.61. The highest BCUT2D eigenvalue weighted by Gasteiger charge is 2.16. The van der Waals surface area contributed by atoms with Gasteiger partial charge in [-0.05, 0) is 61.5 Å². The smallest absolute Gasteiger partial charge is 0.262 e. The van der Waals surface area contributed by atoms with E-state index in [1.165, 1.54) is 19.2 Å². The number of amides is 2. The minimum absolute atomic E-state index is 0.0559. The van der Waals surface area contributed by atoms with E-state index in [1.54, 1.807) is 43.3 Å². The predicted octanol–water partition coefficient (Wildman–Crippen LogP) is 4.48. The summed E-state index contributed by atoms with van der Waals surface area (Å²) >= 11 is 0. The number of carbonyl (C=O) groups is 2. The van der Waals surface area contributed by atoms with Gasteiger partial charge in [0, 0.05) is 22.9 Å². The molecule has 3 aromatic rings. The van der Waals surface area contributed by atoms with Gasteiger partial charge in [-0.1, -0.05) is 6.07 Å². The van der Waals surface area contributed by atoms with E-state index in [2.05, 4.69) is 10.6 Å². The zero-order chi connectivity index (χ0) is 23.1. The molecule has 2 amide bonds. The average molecular weight is 440 g/mol. The third kappa shape index (κ3) is 6.04. The highest BCUT2D eigenvalue weighted by Crippen LogP contribution is 2.20. The van der Waals surface area contributed by atoms with E-state index in [-0.39, 0.29) is 18.1 Å². The number of halogens is 2. The van der Waals surface area contributed by atoms with Gasteiger partial charge in [-0.15, -0.1) is 0 Å². The molecule has 0 fully saturated rings. The van der Waals surface area contributed by atoms with E-state index in [0.29, 0.717) is 22.7 Å². The fourth-order valence-corrected chi connectivity index (χ4v) is 2.95. The van der Waals surface area contributed by atoms with Crippen LogP contribution in [0.4, 0.5) is 14.5 Å². The van der Waals surface area contributed by atoms with Crippen molar-refractivity contribution in [3.05, 3.63) is 89.5 Å². The van der Waals surface area contributed by atoms with Crippen molar-refractivity contribution in [3.63, 3.8) is 0 Å². The Balaban J connectivity index is 1.53. The minimum atomic E-state index is -0.727. The van der Waals surface area contributed by atoms with Gasteiger partial charge in [-0.2, -0.15) is 0 Å². The molecule has 0 spiro atoms. The number of carbonyl (C=O) groups excluding carboxylic acids is 2. The van der Waals surface area contributed by atoms with Crippen molar-refractivity contribution in [3.8, 4) is 11.5 Å². The van der Waals surface area contributed by atoms with Crippen LogP contribution in [0, 0.1) is 11.6 Å². The first kappa shape index (κ1) is 22.7. The number of ether oxygens (including phenoxy) is 2. The molecule has 0 aromatic heterocycles. The van der Waals surface area contributed by atoms with Gasteiger partial charge in [-0.3, -0.25) is 9.59 Å². The molecule has 1 unspecified atom stereocenters. The summed E-state index contributed by atoms with van der Waals surface area (Å²) in [7, 11) is 1.54. The summed E-state index contributed by atoms with van der Waals surface area (Å²) in [6, 6.07) is 15.4. The average Bonchev–Trinajstić information content (AvgIpc) is 2.79. The summed E-state index contributed by atoms with van der Waals surface area (Å²) in [5.74, 6) is -0.984. The lowest BCUT2D eigenvalue weighted by Gasteiger charge is -2.15. The van der Waals surface area contributed by atoms with E-state index in [9.17, 15) is 18.4 Å². The summed E-state index contributed by atoms with van der Waals surface area (Å²) in [5, 5.41) is 5.32.